The van der Waals surface area contributed by atoms with Crippen LogP contribution in [0.3, 0.4) is 0 Å². The normalized spacial score (nSPS) is 28.3. The van der Waals surface area contributed by atoms with E-state index in [2.05, 4.69) is 60.9 Å². The third-order valence-corrected chi connectivity index (χ3v) is 9.83. The molecule has 2 saturated carbocycles. The summed E-state index contributed by atoms with van der Waals surface area (Å²) in [5.41, 5.74) is 2.47. The molecule has 0 bridgehead atoms. The molecule has 2 saturated heterocycles. The van der Waals surface area contributed by atoms with Crippen LogP contribution in [0.15, 0.2) is 60.7 Å². The third-order valence-electron chi connectivity index (χ3n) is 9.83. The van der Waals surface area contributed by atoms with Gasteiger partial charge in [0.1, 0.15) is 0 Å². The quantitative estimate of drug-likeness (QED) is 0.330. The number of rotatable bonds is 9. The standard InChI is InChI=1S/C19H27NO4.C17H25NO3/c1-3-22-18(21)16-9-10-19(23-11-12-24-19)13-17(16)20-14(2)15-7-5-4-6-8-15;1-13(14-5-3-2-4-6-14)18-16-11-17(20-9-10-21-17)8-7-15(16)12-19/h4-8,14,16-17,20H,3,9-13H2,1-2H3;2-6,13,15-16,18-19H,7-12H2,1H3/t14-,16-,17-;13-,15+,16-/m11/s1. The first kappa shape index (κ1) is 34.0. The Balaban J connectivity index is 0.000000179. The second-order valence-corrected chi connectivity index (χ2v) is 12.8. The van der Waals surface area contributed by atoms with Gasteiger partial charge in [-0.05, 0) is 50.7 Å². The van der Waals surface area contributed by atoms with Crippen LogP contribution in [0.4, 0.5) is 0 Å². The Labute approximate surface area is 268 Å². The van der Waals surface area contributed by atoms with Gasteiger partial charge in [0.2, 0.25) is 0 Å². The Morgan fingerprint density at radius 3 is 1.76 bits per heavy atom. The minimum absolute atomic E-state index is 0.0221. The first-order valence-corrected chi connectivity index (χ1v) is 16.8. The summed E-state index contributed by atoms with van der Waals surface area (Å²) in [5.74, 6) is -0.955. The summed E-state index contributed by atoms with van der Waals surface area (Å²) in [5, 5.41) is 16.9. The summed E-state index contributed by atoms with van der Waals surface area (Å²) in [6, 6.07) is 21.3. The molecule has 0 amide bonds. The molecule has 0 aromatic heterocycles. The third kappa shape index (κ3) is 8.71. The topological polar surface area (TPSA) is 108 Å². The number of benzene rings is 2. The van der Waals surface area contributed by atoms with E-state index < -0.39 is 11.6 Å². The smallest absolute Gasteiger partial charge is 0.310 e. The number of aliphatic hydroxyl groups excluding tert-OH is 1. The average molecular weight is 625 g/mol. The van der Waals surface area contributed by atoms with E-state index in [1.54, 1.807) is 0 Å². The van der Waals surface area contributed by atoms with E-state index in [4.69, 9.17) is 23.7 Å². The Kier molecular flexibility index (Phi) is 12.0. The van der Waals surface area contributed by atoms with Crippen LogP contribution < -0.4 is 10.6 Å². The molecule has 45 heavy (non-hydrogen) atoms. The van der Waals surface area contributed by atoms with Crippen LogP contribution in [0.1, 0.15) is 82.5 Å². The van der Waals surface area contributed by atoms with Crippen molar-refractivity contribution in [3.8, 4) is 0 Å². The monoisotopic (exact) mass is 624 g/mol. The summed E-state index contributed by atoms with van der Waals surface area (Å²) in [7, 11) is 0. The molecule has 2 aliphatic heterocycles. The van der Waals surface area contributed by atoms with E-state index in [1.165, 1.54) is 11.1 Å². The number of hydrogen-bond donors (Lipinski definition) is 3. The van der Waals surface area contributed by atoms with Crippen LogP contribution in [-0.2, 0) is 28.5 Å². The van der Waals surface area contributed by atoms with E-state index in [-0.39, 0.29) is 48.6 Å². The first-order chi connectivity index (χ1) is 21.9. The number of esters is 1. The lowest BCUT2D eigenvalue weighted by atomic mass is 9.80. The van der Waals surface area contributed by atoms with Gasteiger partial charge in [-0.2, -0.15) is 0 Å². The fraction of sp³-hybridized carbons (Fsp3) is 0.639. The Morgan fingerprint density at radius 2 is 1.27 bits per heavy atom. The van der Waals surface area contributed by atoms with Crippen molar-refractivity contribution in [3.05, 3.63) is 71.8 Å². The second-order valence-electron chi connectivity index (χ2n) is 12.8. The molecule has 2 aromatic carbocycles. The molecule has 6 rings (SSSR count). The van der Waals surface area contributed by atoms with E-state index in [0.717, 1.165) is 32.1 Å². The molecular formula is C36H52N2O7. The highest BCUT2D eigenvalue weighted by Crippen LogP contribution is 2.40. The van der Waals surface area contributed by atoms with Gasteiger partial charge in [-0.1, -0.05) is 60.7 Å². The highest BCUT2D eigenvalue weighted by atomic mass is 16.7. The number of ether oxygens (including phenoxy) is 5. The molecule has 4 fully saturated rings. The Hall–Kier alpha value is -2.37. The van der Waals surface area contributed by atoms with Gasteiger partial charge in [0.25, 0.3) is 0 Å². The number of aliphatic hydroxyl groups is 1. The van der Waals surface area contributed by atoms with Crippen molar-refractivity contribution in [1.82, 2.24) is 10.6 Å². The fourth-order valence-corrected chi connectivity index (χ4v) is 7.32. The molecule has 9 nitrogen and oxygen atoms in total. The number of carbonyl (C=O) groups excluding carboxylic acids is 1. The largest absolute Gasteiger partial charge is 0.466 e. The van der Waals surface area contributed by atoms with Gasteiger partial charge in [0.05, 0.1) is 39.0 Å². The first-order valence-electron chi connectivity index (χ1n) is 16.8. The van der Waals surface area contributed by atoms with E-state index in [1.807, 2.05) is 31.2 Å². The molecule has 3 N–H and O–H groups in total. The van der Waals surface area contributed by atoms with E-state index in [9.17, 15) is 9.90 Å². The minimum atomic E-state index is -0.531. The van der Waals surface area contributed by atoms with Gasteiger partial charge in [-0.25, -0.2) is 0 Å². The summed E-state index contributed by atoms with van der Waals surface area (Å²) in [6.45, 7) is 9.40. The summed E-state index contributed by atoms with van der Waals surface area (Å²) >= 11 is 0. The van der Waals surface area contributed by atoms with Crippen molar-refractivity contribution in [2.24, 2.45) is 11.8 Å². The van der Waals surface area contributed by atoms with Crippen molar-refractivity contribution in [2.45, 2.75) is 95.0 Å². The molecule has 2 spiro atoms. The number of hydrogen-bond acceptors (Lipinski definition) is 9. The SMILES string of the molecule is CCOC(=O)[C@@H]1CCC2(C[C@H]1N[C@H](C)c1ccccc1)OCCO2.C[C@@H](N[C@@H]1CC2(CC[C@H]1CO)OCCO2)c1ccccc1. The molecule has 9 heteroatoms. The maximum atomic E-state index is 12.4. The van der Waals surface area contributed by atoms with Gasteiger partial charge >= 0.3 is 5.97 Å². The van der Waals surface area contributed by atoms with Gasteiger partial charge in [-0.15, -0.1) is 0 Å². The molecule has 6 atom stereocenters. The van der Waals surface area contributed by atoms with E-state index in [0.29, 0.717) is 39.5 Å². The predicted octanol–water partition coefficient (Wildman–Crippen LogP) is 5.05. The number of nitrogens with one attached hydrogen (secondary N) is 2. The van der Waals surface area contributed by atoms with Crippen LogP contribution >= 0.6 is 0 Å². The van der Waals surface area contributed by atoms with Gasteiger partial charge in [0, 0.05) is 56.5 Å². The van der Waals surface area contributed by atoms with Crippen molar-refractivity contribution in [1.29, 1.82) is 0 Å². The molecule has 4 aliphatic rings. The lowest BCUT2D eigenvalue weighted by molar-refractivity contribution is -0.194. The summed E-state index contributed by atoms with van der Waals surface area (Å²) in [4.78, 5) is 12.4. The van der Waals surface area contributed by atoms with Crippen LogP contribution in [0.5, 0.6) is 0 Å². The fourth-order valence-electron chi connectivity index (χ4n) is 7.32. The molecule has 2 aliphatic carbocycles. The molecule has 0 radical (unpaired) electrons. The maximum absolute atomic E-state index is 12.4. The summed E-state index contributed by atoms with van der Waals surface area (Å²) < 4.78 is 28.7. The molecular weight excluding hydrogens is 572 g/mol. The van der Waals surface area contributed by atoms with Crippen molar-refractivity contribution >= 4 is 5.97 Å². The zero-order chi connectivity index (χ0) is 31.7. The Bertz CT molecular complexity index is 1170. The summed E-state index contributed by atoms with van der Waals surface area (Å²) in [6.07, 6.45) is 4.78. The van der Waals surface area contributed by atoms with E-state index >= 15 is 0 Å². The highest BCUT2D eigenvalue weighted by Gasteiger charge is 2.48. The minimum Gasteiger partial charge on any atom is -0.466 e. The van der Waals surface area contributed by atoms with Gasteiger partial charge in [-0.3, -0.25) is 4.79 Å². The zero-order valence-corrected chi connectivity index (χ0v) is 27.1. The van der Waals surface area contributed by atoms with Crippen LogP contribution in [0.2, 0.25) is 0 Å². The van der Waals surface area contributed by atoms with Crippen molar-refractivity contribution in [3.63, 3.8) is 0 Å². The maximum Gasteiger partial charge on any atom is 0.310 e. The molecule has 248 valence electrons. The van der Waals surface area contributed by atoms with Gasteiger partial charge in [0.15, 0.2) is 11.6 Å². The molecule has 2 aromatic rings. The predicted molar refractivity (Wildman–Crippen MR) is 171 cm³/mol. The van der Waals surface area contributed by atoms with Crippen LogP contribution in [0.25, 0.3) is 0 Å². The second kappa shape index (κ2) is 16.0. The molecule has 2 heterocycles. The van der Waals surface area contributed by atoms with Crippen molar-refractivity contribution < 1.29 is 33.6 Å². The molecule has 0 unspecified atom stereocenters. The Morgan fingerprint density at radius 1 is 0.800 bits per heavy atom. The highest BCUT2D eigenvalue weighted by molar-refractivity contribution is 5.73. The van der Waals surface area contributed by atoms with Crippen LogP contribution in [0, 0.1) is 11.8 Å². The lowest BCUT2D eigenvalue weighted by Crippen LogP contribution is -2.52. The number of carbonyl (C=O) groups is 1. The lowest BCUT2D eigenvalue weighted by Gasteiger charge is -2.42. The van der Waals surface area contributed by atoms with Crippen LogP contribution in [-0.4, -0.2) is 74.4 Å². The average Bonchev–Trinajstić information content (AvgIpc) is 3.72. The zero-order valence-electron chi connectivity index (χ0n) is 27.1. The van der Waals surface area contributed by atoms with Gasteiger partial charge < -0.3 is 39.4 Å². The van der Waals surface area contributed by atoms with Crippen molar-refractivity contribution in [2.75, 3.05) is 39.6 Å².